The van der Waals surface area contributed by atoms with Gasteiger partial charge in [0.05, 0.1) is 10.7 Å². The number of hydrogen-bond donors (Lipinski definition) is 1. The quantitative estimate of drug-likeness (QED) is 0.550. The lowest BCUT2D eigenvalue weighted by Gasteiger charge is -1.91. The number of carbonyl (C=O) groups excluding carboxylic acids is 1. The van der Waals surface area contributed by atoms with Gasteiger partial charge in [-0.15, -0.1) is 0 Å². The van der Waals surface area contributed by atoms with Crippen LogP contribution in [0.4, 0.5) is 0 Å². The Bertz CT molecular complexity index is 129. The van der Waals surface area contributed by atoms with Crippen LogP contribution in [0.15, 0.2) is 10.7 Å². The Kier molecular flexibility index (Phi) is 4.40. The smallest absolute Gasteiger partial charge is 0.172 e. The molecule has 9 heavy (non-hydrogen) atoms. The topological polar surface area (TPSA) is 37.3 Å². The lowest BCUT2D eigenvalue weighted by Crippen LogP contribution is -1.95. The van der Waals surface area contributed by atoms with Crippen molar-refractivity contribution in [1.29, 1.82) is 0 Å². The van der Waals surface area contributed by atoms with Crippen molar-refractivity contribution >= 4 is 21.7 Å². The summed E-state index contributed by atoms with van der Waals surface area (Å²) >= 11 is 2.90. The molecule has 0 saturated heterocycles. The molecule has 0 saturated carbocycles. The number of ketones is 1. The highest BCUT2D eigenvalue weighted by atomic mass is 79.9. The van der Waals surface area contributed by atoms with Crippen molar-refractivity contribution in [2.75, 3.05) is 0 Å². The van der Waals surface area contributed by atoms with Gasteiger partial charge in [-0.25, -0.2) is 0 Å². The summed E-state index contributed by atoms with van der Waals surface area (Å²) < 4.78 is 0.254. The van der Waals surface area contributed by atoms with Gasteiger partial charge in [0.15, 0.2) is 5.78 Å². The van der Waals surface area contributed by atoms with Crippen LogP contribution in [0.25, 0.3) is 0 Å². The van der Waals surface area contributed by atoms with Gasteiger partial charge in [-0.2, -0.15) is 0 Å². The first-order chi connectivity index (χ1) is 4.22. The maximum atomic E-state index is 10.7. The van der Waals surface area contributed by atoms with Crippen molar-refractivity contribution < 1.29 is 9.90 Å². The van der Waals surface area contributed by atoms with Gasteiger partial charge in [0.2, 0.25) is 0 Å². The highest BCUT2D eigenvalue weighted by Crippen LogP contribution is 2.08. The molecule has 0 fully saturated rings. The van der Waals surface area contributed by atoms with Crippen molar-refractivity contribution in [3.05, 3.63) is 10.7 Å². The third kappa shape index (κ3) is 3.30. The maximum absolute atomic E-state index is 10.7. The van der Waals surface area contributed by atoms with E-state index < -0.39 is 0 Å². The van der Waals surface area contributed by atoms with Crippen LogP contribution in [0, 0.1) is 0 Å². The molecule has 0 rings (SSSR count). The molecule has 0 radical (unpaired) electrons. The van der Waals surface area contributed by atoms with Crippen molar-refractivity contribution in [2.45, 2.75) is 19.8 Å². The molecule has 0 bridgehead atoms. The predicted molar refractivity (Wildman–Crippen MR) is 39.6 cm³/mol. The van der Waals surface area contributed by atoms with Crippen molar-refractivity contribution in [3.63, 3.8) is 0 Å². The zero-order valence-electron chi connectivity index (χ0n) is 5.22. The van der Waals surface area contributed by atoms with Crippen molar-refractivity contribution in [2.24, 2.45) is 0 Å². The van der Waals surface area contributed by atoms with E-state index in [0.717, 1.165) is 12.7 Å². The zero-order chi connectivity index (χ0) is 7.28. The van der Waals surface area contributed by atoms with E-state index in [-0.39, 0.29) is 10.3 Å². The van der Waals surface area contributed by atoms with Gasteiger partial charge in [0.1, 0.15) is 0 Å². The number of hydrogen-bond acceptors (Lipinski definition) is 2. The van der Waals surface area contributed by atoms with Gasteiger partial charge < -0.3 is 5.11 Å². The third-order valence-corrected chi connectivity index (χ3v) is 1.50. The summed E-state index contributed by atoms with van der Waals surface area (Å²) in [6, 6.07) is 0. The second-order valence-corrected chi connectivity index (χ2v) is 2.50. The summed E-state index contributed by atoms with van der Waals surface area (Å²) in [5.41, 5.74) is 0. The molecule has 0 aliphatic heterocycles. The minimum Gasteiger partial charge on any atom is -0.514 e. The lowest BCUT2D eigenvalue weighted by atomic mass is 10.2. The van der Waals surface area contributed by atoms with Crippen LogP contribution in [0.3, 0.4) is 0 Å². The van der Waals surface area contributed by atoms with Gasteiger partial charge in [-0.3, -0.25) is 4.79 Å². The summed E-state index contributed by atoms with van der Waals surface area (Å²) in [4.78, 5) is 10.7. The zero-order valence-corrected chi connectivity index (χ0v) is 6.81. The Hall–Kier alpha value is -0.310. The average Bonchev–Trinajstić information content (AvgIpc) is 1.87. The number of aliphatic hydroxyl groups is 1. The van der Waals surface area contributed by atoms with Gasteiger partial charge in [0, 0.05) is 6.42 Å². The molecule has 0 aliphatic rings. The Balaban J connectivity index is 3.74. The molecular formula is C6H9BrO2. The van der Waals surface area contributed by atoms with Gasteiger partial charge in [-0.05, 0) is 22.4 Å². The Morgan fingerprint density at radius 3 is 2.67 bits per heavy atom. The fourth-order valence-electron chi connectivity index (χ4n) is 0.418. The Labute approximate surface area is 62.7 Å². The van der Waals surface area contributed by atoms with E-state index in [0.29, 0.717) is 6.42 Å². The number of Topliss-reactive ketones (excluding diaryl/α,β-unsaturated/α-hetero) is 1. The lowest BCUT2D eigenvalue weighted by molar-refractivity contribution is -0.114. The van der Waals surface area contributed by atoms with Crippen LogP contribution in [0.1, 0.15) is 19.8 Å². The molecule has 0 atom stereocenters. The summed E-state index contributed by atoms with van der Waals surface area (Å²) in [7, 11) is 0. The predicted octanol–water partition coefficient (Wildman–Crippen LogP) is 2.15. The summed E-state index contributed by atoms with van der Waals surface area (Å²) in [6.45, 7) is 1.91. The monoisotopic (exact) mass is 192 g/mol. The van der Waals surface area contributed by atoms with Gasteiger partial charge in [-0.1, -0.05) is 6.92 Å². The van der Waals surface area contributed by atoms with E-state index >= 15 is 0 Å². The number of rotatable bonds is 3. The van der Waals surface area contributed by atoms with E-state index in [9.17, 15) is 4.79 Å². The molecule has 0 aromatic heterocycles. The molecule has 0 aromatic rings. The molecule has 0 spiro atoms. The van der Waals surface area contributed by atoms with Crippen LogP contribution in [0.2, 0.25) is 0 Å². The molecule has 3 heteroatoms. The second-order valence-electron chi connectivity index (χ2n) is 1.65. The number of aliphatic hydroxyl groups excluding tert-OH is 1. The molecular weight excluding hydrogens is 184 g/mol. The Morgan fingerprint density at radius 2 is 2.33 bits per heavy atom. The molecule has 0 amide bonds. The van der Waals surface area contributed by atoms with Crippen molar-refractivity contribution in [1.82, 2.24) is 0 Å². The van der Waals surface area contributed by atoms with E-state index in [1.807, 2.05) is 6.92 Å². The van der Waals surface area contributed by atoms with Crippen molar-refractivity contribution in [3.8, 4) is 0 Å². The first-order valence-electron chi connectivity index (χ1n) is 2.75. The molecule has 2 nitrogen and oxygen atoms in total. The number of halogens is 1. The first kappa shape index (κ1) is 8.69. The summed E-state index contributed by atoms with van der Waals surface area (Å²) in [6.07, 6.45) is 2.07. The fraction of sp³-hybridized carbons (Fsp3) is 0.500. The number of allylic oxidation sites excluding steroid dienone is 1. The van der Waals surface area contributed by atoms with Gasteiger partial charge >= 0.3 is 0 Å². The minimum atomic E-state index is -0.0556. The maximum Gasteiger partial charge on any atom is 0.172 e. The number of carbonyl (C=O) groups is 1. The SMILES string of the molecule is CCCC(=O)/C(Br)=C/O. The second kappa shape index (κ2) is 4.56. The summed E-state index contributed by atoms with van der Waals surface area (Å²) in [5.74, 6) is -0.0556. The van der Waals surface area contributed by atoms with Gasteiger partial charge in [0.25, 0.3) is 0 Å². The first-order valence-corrected chi connectivity index (χ1v) is 3.54. The minimum absolute atomic E-state index is 0.0556. The third-order valence-electron chi connectivity index (χ3n) is 0.857. The van der Waals surface area contributed by atoms with E-state index in [1.54, 1.807) is 0 Å². The van der Waals surface area contributed by atoms with Crippen LogP contribution >= 0.6 is 15.9 Å². The molecule has 0 heterocycles. The van der Waals surface area contributed by atoms with E-state index in [4.69, 9.17) is 5.11 Å². The van der Waals surface area contributed by atoms with Crippen LogP contribution in [0.5, 0.6) is 0 Å². The standard InChI is InChI=1S/C6H9BrO2/c1-2-3-6(9)5(7)4-8/h4,8H,2-3H2,1H3/b5-4-. The molecule has 0 unspecified atom stereocenters. The average molecular weight is 193 g/mol. The van der Waals surface area contributed by atoms with Crippen LogP contribution in [-0.4, -0.2) is 10.9 Å². The van der Waals surface area contributed by atoms with Crippen LogP contribution < -0.4 is 0 Å². The van der Waals surface area contributed by atoms with E-state index in [1.165, 1.54) is 0 Å². The highest BCUT2D eigenvalue weighted by molar-refractivity contribution is 9.12. The normalized spacial score (nSPS) is 11.6. The molecule has 52 valence electrons. The largest absolute Gasteiger partial charge is 0.514 e. The highest BCUT2D eigenvalue weighted by Gasteiger charge is 2.02. The fourth-order valence-corrected chi connectivity index (χ4v) is 0.617. The molecule has 1 N–H and O–H groups in total. The molecule has 0 aliphatic carbocycles. The summed E-state index contributed by atoms with van der Waals surface area (Å²) in [5, 5.41) is 8.30. The molecule has 0 aromatic carbocycles. The van der Waals surface area contributed by atoms with E-state index in [2.05, 4.69) is 15.9 Å². The van der Waals surface area contributed by atoms with Crippen LogP contribution in [-0.2, 0) is 4.79 Å². The Morgan fingerprint density at radius 1 is 1.78 bits per heavy atom.